The van der Waals surface area contributed by atoms with Gasteiger partial charge in [0.05, 0.1) is 19.4 Å². The number of thiazole rings is 1. The van der Waals surface area contributed by atoms with Gasteiger partial charge in [0.1, 0.15) is 10.6 Å². The summed E-state index contributed by atoms with van der Waals surface area (Å²) in [4.78, 5) is 20.1. The monoisotopic (exact) mass is 411 g/mol. The van der Waals surface area contributed by atoms with Crippen LogP contribution in [0.2, 0.25) is 0 Å². The van der Waals surface area contributed by atoms with Crippen molar-refractivity contribution in [1.29, 1.82) is 0 Å². The lowest BCUT2D eigenvalue weighted by molar-refractivity contribution is 0.0830. The van der Waals surface area contributed by atoms with Gasteiger partial charge in [-0.15, -0.1) is 0 Å². The molecule has 2 aromatic carbocycles. The molecule has 1 aromatic heterocycles. The highest BCUT2D eigenvalue weighted by Gasteiger charge is 2.18. The number of benzene rings is 2. The minimum Gasteiger partial charge on any atom is -0.497 e. The summed E-state index contributed by atoms with van der Waals surface area (Å²) in [7, 11) is 5.11. The lowest BCUT2D eigenvalue weighted by Crippen LogP contribution is -2.22. The summed E-state index contributed by atoms with van der Waals surface area (Å²) in [6.45, 7) is 2.26. The van der Waals surface area contributed by atoms with Gasteiger partial charge in [-0.25, -0.2) is 4.99 Å². The van der Waals surface area contributed by atoms with Crippen molar-refractivity contribution in [2.24, 2.45) is 4.99 Å². The highest BCUT2D eigenvalue weighted by molar-refractivity contribution is 7.11. The van der Waals surface area contributed by atoms with E-state index in [4.69, 9.17) is 9.73 Å². The standard InChI is InChI=1S/C22H25N3O3S/c1-15-20(21(27)24(2)3)29-22(25(15)13-14-26)23-18-9-5-16(6-10-18)17-7-11-19(28-4)12-8-17/h5-12,26H,13-14H2,1-4H3/b23-22-. The Morgan fingerprint density at radius 3 is 2.21 bits per heavy atom. The van der Waals surface area contributed by atoms with Crippen LogP contribution >= 0.6 is 11.3 Å². The van der Waals surface area contributed by atoms with Gasteiger partial charge in [-0.3, -0.25) is 4.79 Å². The number of aliphatic hydroxyl groups excluding tert-OH is 1. The first-order valence-electron chi connectivity index (χ1n) is 9.26. The van der Waals surface area contributed by atoms with Crippen LogP contribution in [-0.2, 0) is 6.54 Å². The summed E-state index contributed by atoms with van der Waals surface area (Å²) in [6.07, 6.45) is 0. The van der Waals surface area contributed by atoms with Gasteiger partial charge in [0.15, 0.2) is 4.80 Å². The van der Waals surface area contributed by atoms with E-state index in [1.807, 2.05) is 60.0 Å². The number of aliphatic hydroxyl groups is 1. The minimum absolute atomic E-state index is 0.0171. The van der Waals surface area contributed by atoms with Crippen molar-refractivity contribution < 1.29 is 14.6 Å². The molecule has 1 N–H and O–H groups in total. The number of hydrogen-bond donors (Lipinski definition) is 1. The number of aromatic nitrogens is 1. The Bertz CT molecular complexity index is 1050. The predicted octanol–water partition coefficient (Wildman–Crippen LogP) is 3.46. The van der Waals surface area contributed by atoms with Crippen LogP contribution in [0, 0.1) is 6.92 Å². The van der Waals surface area contributed by atoms with Gasteiger partial charge in [0, 0.05) is 26.3 Å². The average molecular weight is 412 g/mol. The number of amides is 1. The summed E-state index contributed by atoms with van der Waals surface area (Å²) >= 11 is 1.34. The van der Waals surface area contributed by atoms with Crippen LogP contribution in [-0.4, -0.2) is 48.3 Å². The third-order valence-electron chi connectivity index (χ3n) is 4.60. The smallest absolute Gasteiger partial charge is 0.265 e. The summed E-state index contributed by atoms with van der Waals surface area (Å²) in [5, 5.41) is 9.43. The van der Waals surface area contributed by atoms with Crippen molar-refractivity contribution in [2.75, 3.05) is 27.8 Å². The number of carbonyl (C=O) groups is 1. The molecule has 0 fully saturated rings. The Morgan fingerprint density at radius 1 is 1.10 bits per heavy atom. The highest BCUT2D eigenvalue weighted by Crippen LogP contribution is 2.25. The summed E-state index contributed by atoms with van der Waals surface area (Å²) in [5.74, 6) is 0.764. The average Bonchev–Trinajstić information content (AvgIpc) is 3.03. The first-order chi connectivity index (χ1) is 13.9. The first-order valence-corrected chi connectivity index (χ1v) is 10.1. The predicted molar refractivity (Wildman–Crippen MR) is 116 cm³/mol. The number of carbonyl (C=O) groups excluding carboxylic acids is 1. The van der Waals surface area contributed by atoms with Crippen molar-refractivity contribution in [3.8, 4) is 16.9 Å². The molecule has 0 saturated carbocycles. The molecule has 6 nitrogen and oxygen atoms in total. The van der Waals surface area contributed by atoms with Gasteiger partial charge >= 0.3 is 0 Å². The third-order valence-corrected chi connectivity index (χ3v) is 5.77. The van der Waals surface area contributed by atoms with E-state index in [2.05, 4.69) is 0 Å². The lowest BCUT2D eigenvalue weighted by Gasteiger charge is -2.09. The molecule has 0 aliphatic carbocycles. The first kappa shape index (κ1) is 20.8. The molecule has 7 heteroatoms. The number of hydrogen-bond acceptors (Lipinski definition) is 5. The van der Waals surface area contributed by atoms with Crippen molar-refractivity contribution >= 4 is 22.9 Å². The van der Waals surface area contributed by atoms with E-state index < -0.39 is 0 Å². The second-order valence-corrected chi connectivity index (χ2v) is 7.74. The lowest BCUT2D eigenvalue weighted by atomic mass is 10.1. The fourth-order valence-electron chi connectivity index (χ4n) is 2.96. The molecule has 0 atom stereocenters. The van der Waals surface area contributed by atoms with Crippen LogP contribution in [0.25, 0.3) is 11.1 Å². The number of rotatable bonds is 6. The molecule has 3 rings (SSSR count). The van der Waals surface area contributed by atoms with Gasteiger partial charge in [-0.2, -0.15) is 0 Å². The van der Waals surface area contributed by atoms with E-state index in [0.29, 0.717) is 16.2 Å². The summed E-state index contributed by atoms with van der Waals surface area (Å²) in [6, 6.07) is 15.8. The third kappa shape index (κ3) is 4.58. The number of nitrogens with zero attached hydrogens (tertiary/aromatic N) is 3. The molecule has 1 amide bonds. The molecule has 3 aromatic rings. The van der Waals surface area contributed by atoms with Gasteiger partial charge in [-0.1, -0.05) is 35.6 Å². The summed E-state index contributed by atoms with van der Waals surface area (Å²) in [5.41, 5.74) is 3.79. The zero-order chi connectivity index (χ0) is 21.0. The summed E-state index contributed by atoms with van der Waals surface area (Å²) < 4.78 is 7.09. The number of ether oxygens (including phenoxy) is 1. The van der Waals surface area contributed by atoms with E-state index in [9.17, 15) is 9.90 Å². The van der Waals surface area contributed by atoms with Gasteiger partial charge < -0.3 is 19.3 Å². The minimum atomic E-state index is -0.0597. The van der Waals surface area contributed by atoms with Crippen molar-refractivity contribution in [3.63, 3.8) is 0 Å². The zero-order valence-corrected chi connectivity index (χ0v) is 17.9. The van der Waals surface area contributed by atoms with Crippen LogP contribution in [0.5, 0.6) is 5.75 Å². The van der Waals surface area contributed by atoms with E-state index in [1.54, 1.807) is 26.1 Å². The molecule has 0 aliphatic heterocycles. The van der Waals surface area contributed by atoms with E-state index in [0.717, 1.165) is 28.3 Å². The molecule has 0 saturated heterocycles. The molecule has 0 bridgehead atoms. The second-order valence-electron chi connectivity index (χ2n) is 6.76. The van der Waals surface area contributed by atoms with Gasteiger partial charge in [-0.05, 0) is 42.3 Å². The maximum atomic E-state index is 12.4. The second kappa shape index (κ2) is 9.07. The fourth-order valence-corrected chi connectivity index (χ4v) is 4.16. The Kier molecular flexibility index (Phi) is 6.51. The van der Waals surface area contributed by atoms with Crippen molar-refractivity contribution in [2.45, 2.75) is 13.5 Å². The molecular weight excluding hydrogens is 386 g/mol. The maximum absolute atomic E-state index is 12.4. The molecule has 1 heterocycles. The van der Waals surface area contributed by atoms with Crippen LogP contribution in [0.15, 0.2) is 53.5 Å². The largest absolute Gasteiger partial charge is 0.497 e. The molecule has 29 heavy (non-hydrogen) atoms. The van der Waals surface area contributed by atoms with Gasteiger partial charge in [0.25, 0.3) is 5.91 Å². The van der Waals surface area contributed by atoms with Crippen LogP contribution < -0.4 is 9.54 Å². The maximum Gasteiger partial charge on any atom is 0.265 e. The van der Waals surface area contributed by atoms with Crippen molar-refractivity contribution in [3.05, 3.63) is 63.9 Å². The Morgan fingerprint density at radius 2 is 1.69 bits per heavy atom. The molecule has 0 aliphatic rings. The quantitative estimate of drug-likeness (QED) is 0.675. The van der Waals surface area contributed by atoms with E-state index in [-0.39, 0.29) is 12.5 Å². The van der Waals surface area contributed by atoms with Gasteiger partial charge in [0.2, 0.25) is 0 Å². The highest BCUT2D eigenvalue weighted by atomic mass is 32.1. The van der Waals surface area contributed by atoms with E-state index in [1.165, 1.54) is 11.3 Å². The molecule has 0 spiro atoms. The van der Waals surface area contributed by atoms with Crippen LogP contribution in [0.1, 0.15) is 15.4 Å². The van der Waals surface area contributed by atoms with E-state index >= 15 is 0 Å². The Labute approximate surface area is 174 Å². The normalized spacial score (nSPS) is 11.6. The molecule has 152 valence electrons. The Hall–Kier alpha value is -2.90. The zero-order valence-electron chi connectivity index (χ0n) is 17.0. The van der Waals surface area contributed by atoms with Crippen LogP contribution in [0.4, 0.5) is 5.69 Å². The number of methoxy groups -OCH3 is 1. The van der Waals surface area contributed by atoms with Crippen molar-refractivity contribution in [1.82, 2.24) is 9.47 Å². The van der Waals surface area contributed by atoms with Crippen LogP contribution in [0.3, 0.4) is 0 Å². The molecule has 0 radical (unpaired) electrons. The fraction of sp³-hybridized carbons (Fsp3) is 0.273. The SMILES string of the molecule is COc1ccc(-c2ccc(/N=c3\sc(C(=O)N(C)C)c(C)n3CCO)cc2)cc1. The Balaban J connectivity index is 1.96. The molecule has 0 unspecified atom stereocenters. The topological polar surface area (TPSA) is 67.1 Å². The molecular formula is C22H25N3O3S.